The number of ether oxygens (including phenoxy) is 1. The van der Waals surface area contributed by atoms with Crippen molar-refractivity contribution in [2.45, 2.75) is 6.42 Å². The molecule has 2 aromatic rings. The molecule has 1 N–H and O–H groups in total. The summed E-state index contributed by atoms with van der Waals surface area (Å²) in [5.74, 6) is 0.646. The maximum Gasteiger partial charge on any atom is 0.212 e. The van der Waals surface area contributed by atoms with Crippen LogP contribution in [0.5, 0.6) is 5.88 Å². The van der Waals surface area contributed by atoms with Crippen molar-refractivity contribution in [3.05, 3.63) is 42.1 Å². The van der Waals surface area contributed by atoms with Gasteiger partial charge < -0.3 is 10.1 Å². The predicted molar refractivity (Wildman–Crippen MR) is 68.4 cm³/mol. The fourth-order valence-corrected chi connectivity index (χ4v) is 2.14. The minimum absolute atomic E-state index is 0.646. The van der Waals surface area contributed by atoms with E-state index in [2.05, 4.69) is 28.5 Å². The second kappa shape index (κ2) is 4.09. The van der Waals surface area contributed by atoms with Crippen LogP contribution in [0.1, 0.15) is 5.56 Å². The summed E-state index contributed by atoms with van der Waals surface area (Å²) in [6.45, 7) is 1.04. The quantitative estimate of drug-likeness (QED) is 0.855. The monoisotopic (exact) mass is 226 g/mol. The molecule has 1 aliphatic rings. The Morgan fingerprint density at radius 2 is 2.06 bits per heavy atom. The highest BCUT2D eigenvalue weighted by Gasteiger charge is 2.10. The Morgan fingerprint density at radius 1 is 1.18 bits per heavy atom. The van der Waals surface area contributed by atoms with Crippen molar-refractivity contribution >= 4 is 5.69 Å². The molecule has 0 saturated heterocycles. The number of hydrogen-bond acceptors (Lipinski definition) is 3. The van der Waals surface area contributed by atoms with Crippen LogP contribution < -0.4 is 10.1 Å². The van der Waals surface area contributed by atoms with Crippen molar-refractivity contribution in [3.8, 4) is 17.0 Å². The first-order chi connectivity index (χ1) is 8.36. The van der Waals surface area contributed by atoms with E-state index >= 15 is 0 Å². The Labute approximate surface area is 100 Å². The SMILES string of the molecule is COc1ccc(-c2ccc3c(c2)NCC3)cn1. The third-order valence-electron chi connectivity index (χ3n) is 3.10. The summed E-state index contributed by atoms with van der Waals surface area (Å²) < 4.78 is 5.06. The lowest BCUT2D eigenvalue weighted by atomic mass is 10.0. The second-order valence-electron chi connectivity index (χ2n) is 4.14. The molecular formula is C14H14N2O. The van der Waals surface area contributed by atoms with Crippen LogP contribution in [0.3, 0.4) is 0 Å². The Bertz CT molecular complexity index is 534. The van der Waals surface area contributed by atoms with E-state index in [-0.39, 0.29) is 0 Å². The van der Waals surface area contributed by atoms with Gasteiger partial charge in [-0.05, 0) is 29.7 Å². The average Bonchev–Trinajstić information content (AvgIpc) is 2.86. The molecule has 0 spiro atoms. The molecule has 0 unspecified atom stereocenters. The van der Waals surface area contributed by atoms with E-state index in [0.717, 1.165) is 18.5 Å². The highest BCUT2D eigenvalue weighted by molar-refractivity contribution is 5.71. The molecule has 0 bridgehead atoms. The molecule has 0 amide bonds. The number of pyridine rings is 1. The molecule has 1 aliphatic heterocycles. The number of nitrogens with zero attached hydrogens (tertiary/aromatic N) is 1. The smallest absolute Gasteiger partial charge is 0.212 e. The topological polar surface area (TPSA) is 34.1 Å². The van der Waals surface area contributed by atoms with Gasteiger partial charge in [0.25, 0.3) is 0 Å². The summed E-state index contributed by atoms with van der Waals surface area (Å²) in [6.07, 6.45) is 2.96. The fraction of sp³-hybridized carbons (Fsp3) is 0.214. The zero-order valence-electron chi connectivity index (χ0n) is 9.73. The normalized spacial score (nSPS) is 13.0. The summed E-state index contributed by atoms with van der Waals surface area (Å²) in [7, 11) is 1.63. The number of anilines is 1. The van der Waals surface area contributed by atoms with Crippen LogP contribution in [0.15, 0.2) is 36.5 Å². The zero-order chi connectivity index (χ0) is 11.7. The lowest BCUT2D eigenvalue weighted by Crippen LogP contribution is -1.91. The summed E-state index contributed by atoms with van der Waals surface area (Å²) >= 11 is 0. The summed E-state index contributed by atoms with van der Waals surface area (Å²) in [4.78, 5) is 4.22. The number of rotatable bonds is 2. The number of nitrogens with one attached hydrogen (secondary N) is 1. The van der Waals surface area contributed by atoms with Gasteiger partial charge in [0.05, 0.1) is 7.11 Å². The van der Waals surface area contributed by atoms with Crippen LogP contribution >= 0.6 is 0 Å². The van der Waals surface area contributed by atoms with Crippen LogP contribution in [0.2, 0.25) is 0 Å². The Balaban J connectivity index is 1.97. The maximum absolute atomic E-state index is 5.06. The molecule has 0 fully saturated rings. The van der Waals surface area contributed by atoms with E-state index in [9.17, 15) is 0 Å². The van der Waals surface area contributed by atoms with Gasteiger partial charge in [-0.2, -0.15) is 0 Å². The number of methoxy groups -OCH3 is 1. The average molecular weight is 226 g/mol. The molecule has 1 aromatic carbocycles. The zero-order valence-corrected chi connectivity index (χ0v) is 9.73. The molecule has 0 radical (unpaired) electrons. The fourth-order valence-electron chi connectivity index (χ4n) is 2.14. The largest absolute Gasteiger partial charge is 0.481 e. The van der Waals surface area contributed by atoms with E-state index in [0.29, 0.717) is 5.88 Å². The lowest BCUT2D eigenvalue weighted by molar-refractivity contribution is 0.398. The Hall–Kier alpha value is -2.03. The number of hydrogen-bond donors (Lipinski definition) is 1. The molecule has 0 atom stereocenters. The minimum atomic E-state index is 0.646. The van der Waals surface area contributed by atoms with Gasteiger partial charge in [-0.3, -0.25) is 0 Å². The van der Waals surface area contributed by atoms with Gasteiger partial charge in [-0.15, -0.1) is 0 Å². The Kier molecular flexibility index (Phi) is 2.44. The van der Waals surface area contributed by atoms with E-state index in [1.807, 2.05) is 18.3 Å². The molecule has 1 aromatic heterocycles. The molecule has 2 heterocycles. The van der Waals surface area contributed by atoms with E-state index in [1.165, 1.54) is 16.8 Å². The van der Waals surface area contributed by atoms with Gasteiger partial charge >= 0.3 is 0 Å². The second-order valence-corrected chi connectivity index (χ2v) is 4.14. The van der Waals surface area contributed by atoms with Gasteiger partial charge in [-0.25, -0.2) is 4.98 Å². The van der Waals surface area contributed by atoms with Gasteiger partial charge in [0.15, 0.2) is 0 Å². The third-order valence-corrected chi connectivity index (χ3v) is 3.10. The molecule has 17 heavy (non-hydrogen) atoms. The number of aromatic nitrogens is 1. The van der Waals surface area contributed by atoms with Crippen molar-refractivity contribution in [1.82, 2.24) is 4.98 Å². The van der Waals surface area contributed by atoms with Gasteiger partial charge in [-0.1, -0.05) is 12.1 Å². The van der Waals surface area contributed by atoms with Crippen molar-refractivity contribution in [2.24, 2.45) is 0 Å². The van der Waals surface area contributed by atoms with Crippen LogP contribution in [0.4, 0.5) is 5.69 Å². The number of fused-ring (bicyclic) bond motifs is 1. The highest BCUT2D eigenvalue weighted by atomic mass is 16.5. The first-order valence-corrected chi connectivity index (χ1v) is 5.74. The lowest BCUT2D eigenvalue weighted by Gasteiger charge is -2.06. The van der Waals surface area contributed by atoms with Crippen LogP contribution in [-0.2, 0) is 6.42 Å². The summed E-state index contributed by atoms with van der Waals surface area (Å²) in [6, 6.07) is 10.4. The van der Waals surface area contributed by atoms with Crippen LogP contribution in [-0.4, -0.2) is 18.6 Å². The number of benzene rings is 1. The van der Waals surface area contributed by atoms with E-state index < -0.39 is 0 Å². The summed E-state index contributed by atoms with van der Waals surface area (Å²) in [5.41, 5.74) is 4.95. The van der Waals surface area contributed by atoms with Crippen molar-refractivity contribution in [2.75, 3.05) is 19.0 Å². The molecule has 0 saturated carbocycles. The first kappa shape index (κ1) is 10.1. The first-order valence-electron chi connectivity index (χ1n) is 5.74. The van der Waals surface area contributed by atoms with Crippen molar-refractivity contribution in [1.29, 1.82) is 0 Å². The molecule has 3 heteroatoms. The minimum Gasteiger partial charge on any atom is -0.481 e. The summed E-state index contributed by atoms with van der Waals surface area (Å²) in [5, 5.41) is 3.39. The molecule has 3 rings (SSSR count). The predicted octanol–water partition coefficient (Wildman–Crippen LogP) is 2.73. The Morgan fingerprint density at radius 3 is 2.82 bits per heavy atom. The third kappa shape index (κ3) is 1.84. The highest BCUT2D eigenvalue weighted by Crippen LogP contribution is 2.28. The van der Waals surface area contributed by atoms with Crippen molar-refractivity contribution in [3.63, 3.8) is 0 Å². The van der Waals surface area contributed by atoms with Gasteiger partial charge in [0.1, 0.15) is 0 Å². The van der Waals surface area contributed by atoms with E-state index in [4.69, 9.17) is 4.74 Å². The molecular weight excluding hydrogens is 212 g/mol. The van der Waals surface area contributed by atoms with Gasteiger partial charge in [0, 0.05) is 30.1 Å². The molecule has 3 nitrogen and oxygen atoms in total. The standard InChI is InChI=1S/C14H14N2O/c1-17-14-5-4-12(9-16-14)11-3-2-10-6-7-15-13(10)8-11/h2-5,8-9,15H,6-7H2,1H3. The maximum atomic E-state index is 5.06. The van der Waals surface area contributed by atoms with Crippen LogP contribution in [0, 0.1) is 0 Å². The van der Waals surface area contributed by atoms with E-state index in [1.54, 1.807) is 7.11 Å². The van der Waals surface area contributed by atoms with Crippen molar-refractivity contribution < 1.29 is 4.74 Å². The van der Waals surface area contributed by atoms with Crippen LogP contribution in [0.25, 0.3) is 11.1 Å². The molecule has 0 aliphatic carbocycles. The molecule has 86 valence electrons. The van der Waals surface area contributed by atoms with Gasteiger partial charge in [0.2, 0.25) is 5.88 Å².